The Morgan fingerprint density at radius 3 is 1.56 bits per heavy atom. The fraction of sp³-hybridized carbons (Fsp3) is 0.509. The largest absolute Gasteiger partial charge is 0.445 e. The van der Waals surface area contributed by atoms with Gasteiger partial charge in [-0.15, -0.1) is 0 Å². The first kappa shape index (κ1) is 49.2. The third-order valence-electron chi connectivity index (χ3n) is 13.5. The van der Waals surface area contributed by atoms with Crippen molar-refractivity contribution in [3.8, 4) is 0 Å². The normalized spacial score (nSPS) is 19.0. The highest BCUT2D eigenvalue weighted by molar-refractivity contribution is 6.76. The number of aromatic nitrogens is 4. The van der Waals surface area contributed by atoms with E-state index in [1.807, 2.05) is 70.5 Å². The maximum absolute atomic E-state index is 13.5. The lowest BCUT2D eigenvalue weighted by molar-refractivity contribution is 0.0742. The summed E-state index contributed by atoms with van der Waals surface area (Å²) in [7, 11) is -2.52. The van der Waals surface area contributed by atoms with Crippen LogP contribution in [0.4, 0.5) is 9.59 Å². The molecule has 2 atom stereocenters. The average molecular weight is 960 g/mol. The minimum atomic E-state index is -1.26. The number of rotatable bonds is 19. The molecule has 0 radical (unpaired) electrons. The average Bonchev–Trinajstić information content (AvgIpc) is 4.17. The molecule has 364 valence electrons. The van der Waals surface area contributed by atoms with Gasteiger partial charge in [0.2, 0.25) is 0 Å². The summed E-state index contributed by atoms with van der Waals surface area (Å²) in [6, 6.07) is 21.5. The Morgan fingerprint density at radius 2 is 1.12 bits per heavy atom. The molecule has 2 aromatic carbocycles. The van der Waals surface area contributed by atoms with Gasteiger partial charge in [-0.2, -0.15) is 0 Å². The van der Waals surface area contributed by atoms with Crippen molar-refractivity contribution < 1.29 is 28.5 Å². The molecule has 3 aliphatic heterocycles. The molecule has 8 rings (SSSR count). The molecule has 1 aliphatic carbocycles. The monoisotopic (exact) mass is 960 g/mol. The first-order valence-electron chi connectivity index (χ1n) is 24.9. The van der Waals surface area contributed by atoms with Gasteiger partial charge in [-0.3, -0.25) is 9.80 Å². The number of allylic oxidation sites excluding steroid dienone is 4. The molecule has 0 spiro atoms. The molecule has 4 aliphatic rings. The third kappa shape index (κ3) is 13.1. The van der Waals surface area contributed by atoms with Crippen molar-refractivity contribution in [3.63, 3.8) is 0 Å². The SMILES string of the molecule is C[Si](C)(C)CCOCn1cc(C2=CC=C(N3CC=C(c4cn(COCC[Si](C)(C)C)c([C@@H]5CCCN5C(=O)OCc5ccccc5)n4)CC3)CC2)nc1[C@@H]1CCCN1C(=O)OCc1ccccc1. The predicted molar refractivity (Wildman–Crippen MR) is 273 cm³/mol. The second-order valence-corrected chi connectivity index (χ2v) is 32.4. The molecule has 0 saturated carbocycles. The summed E-state index contributed by atoms with van der Waals surface area (Å²) in [5.41, 5.74) is 7.57. The maximum Gasteiger partial charge on any atom is 0.410 e. The van der Waals surface area contributed by atoms with Gasteiger partial charge in [0.25, 0.3) is 0 Å². The zero-order valence-corrected chi connectivity index (χ0v) is 43.3. The van der Waals surface area contributed by atoms with E-state index in [9.17, 15) is 9.59 Å². The predicted octanol–water partition coefficient (Wildman–Crippen LogP) is 11.5. The highest BCUT2D eigenvalue weighted by Gasteiger charge is 2.37. The van der Waals surface area contributed by atoms with E-state index < -0.39 is 16.1 Å². The van der Waals surface area contributed by atoms with E-state index in [-0.39, 0.29) is 37.5 Å². The van der Waals surface area contributed by atoms with E-state index in [1.165, 1.54) is 16.8 Å². The Kier molecular flexibility index (Phi) is 16.3. The third-order valence-corrected chi connectivity index (χ3v) is 16.9. The number of imidazole rings is 2. The van der Waals surface area contributed by atoms with Gasteiger partial charge in [-0.1, -0.05) is 112 Å². The Hall–Kier alpha value is -5.23. The molecule has 15 heteroatoms. The molecular weight excluding hydrogens is 887 g/mol. The van der Waals surface area contributed by atoms with Gasteiger partial charge in [0.15, 0.2) is 0 Å². The minimum absolute atomic E-state index is 0.176. The molecule has 2 saturated heterocycles. The number of ether oxygens (including phenoxy) is 4. The van der Waals surface area contributed by atoms with Gasteiger partial charge in [-0.25, -0.2) is 19.6 Å². The van der Waals surface area contributed by atoms with Crippen LogP contribution in [0.5, 0.6) is 0 Å². The summed E-state index contributed by atoms with van der Waals surface area (Å²) in [6.45, 7) is 19.9. The Bertz CT molecular complexity index is 2420. The van der Waals surface area contributed by atoms with Crippen molar-refractivity contribution in [1.29, 1.82) is 0 Å². The zero-order chi connectivity index (χ0) is 47.7. The molecule has 68 heavy (non-hydrogen) atoms. The molecule has 2 aromatic heterocycles. The molecule has 5 heterocycles. The standard InChI is InChI=1S/C53H73N7O6Si2/c1-67(2,3)33-31-63-39-57-35-46(54-50(57)48-19-13-27-59(48)52(61)65-37-41-15-9-7-10-16-41)43-21-23-45(24-22-43)56-29-25-44(26-30-56)47-36-58(40-64-32-34-68(4,5)6)51(55-47)49-20-14-28-60(49)53(62)66-38-42-17-11-8-12-18-42/h7-12,15-18,21,23,25,35-36,48-49H,13-14,19-20,22,24,26-34,37-40H2,1-6H3/t48-,49-/m0/s1. The van der Waals surface area contributed by atoms with E-state index in [0.717, 1.165) is 104 Å². The van der Waals surface area contributed by atoms with E-state index in [1.54, 1.807) is 0 Å². The highest BCUT2D eigenvalue weighted by atomic mass is 28.3. The molecular formula is C53H73N7O6Si2. The van der Waals surface area contributed by atoms with Gasteiger partial charge in [0.1, 0.15) is 38.3 Å². The molecule has 4 aromatic rings. The minimum Gasteiger partial charge on any atom is -0.445 e. The number of benzene rings is 2. The Labute approximate surface area is 405 Å². The van der Waals surface area contributed by atoms with E-state index >= 15 is 0 Å². The molecule has 13 nitrogen and oxygen atoms in total. The van der Waals surface area contributed by atoms with Crippen molar-refractivity contribution in [2.24, 2.45) is 0 Å². The number of likely N-dealkylation sites (tertiary alicyclic amines) is 2. The highest BCUT2D eigenvalue weighted by Crippen LogP contribution is 2.37. The number of nitrogens with zero attached hydrogens (tertiary/aromatic N) is 7. The van der Waals surface area contributed by atoms with Crippen LogP contribution in [0.15, 0.2) is 97.0 Å². The number of hydrogen-bond donors (Lipinski definition) is 0. The van der Waals surface area contributed by atoms with Crippen LogP contribution in [-0.4, -0.2) is 102 Å². The second-order valence-electron chi connectivity index (χ2n) is 21.2. The van der Waals surface area contributed by atoms with Gasteiger partial charge in [-0.05, 0) is 85.4 Å². The first-order valence-corrected chi connectivity index (χ1v) is 32.3. The molecule has 0 N–H and O–H groups in total. The van der Waals surface area contributed by atoms with Crippen molar-refractivity contribution in [3.05, 3.63) is 131 Å². The topological polar surface area (TPSA) is 116 Å². The van der Waals surface area contributed by atoms with Gasteiger partial charge < -0.3 is 33.0 Å². The second kappa shape index (κ2) is 22.5. The fourth-order valence-electron chi connectivity index (χ4n) is 9.37. The summed E-state index contributed by atoms with van der Waals surface area (Å²) >= 11 is 0. The Balaban J connectivity index is 0.952. The Morgan fingerprint density at radius 1 is 0.618 bits per heavy atom. The van der Waals surface area contributed by atoms with Crippen LogP contribution in [0, 0.1) is 0 Å². The number of carbonyl (C=O) groups is 2. The lowest BCUT2D eigenvalue weighted by atomic mass is 9.98. The summed E-state index contributed by atoms with van der Waals surface area (Å²) in [6.07, 6.45) is 16.6. The summed E-state index contributed by atoms with van der Waals surface area (Å²) in [4.78, 5) is 43.7. The molecule has 2 amide bonds. The van der Waals surface area contributed by atoms with Crippen molar-refractivity contribution in [2.45, 2.75) is 135 Å². The van der Waals surface area contributed by atoms with Crippen LogP contribution < -0.4 is 0 Å². The van der Waals surface area contributed by atoms with E-state index in [2.05, 4.69) is 83.9 Å². The van der Waals surface area contributed by atoms with E-state index in [4.69, 9.17) is 28.9 Å². The molecule has 0 unspecified atom stereocenters. The van der Waals surface area contributed by atoms with Crippen molar-refractivity contribution >= 4 is 39.5 Å². The quantitative estimate of drug-likeness (QED) is 0.0669. The molecule has 2 fully saturated rings. The first-order chi connectivity index (χ1) is 32.8. The van der Waals surface area contributed by atoms with Crippen LogP contribution in [0.2, 0.25) is 51.4 Å². The van der Waals surface area contributed by atoms with Crippen LogP contribution in [-0.2, 0) is 45.6 Å². The number of amides is 2. The van der Waals surface area contributed by atoms with Crippen LogP contribution in [0.3, 0.4) is 0 Å². The van der Waals surface area contributed by atoms with Crippen molar-refractivity contribution in [2.75, 3.05) is 39.4 Å². The van der Waals surface area contributed by atoms with Crippen LogP contribution in [0.25, 0.3) is 11.1 Å². The summed E-state index contributed by atoms with van der Waals surface area (Å²) in [5, 5.41) is 0. The zero-order valence-electron chi connectivity index (χ0n) is 41.3. The summed E-state index contributed by atoms with van der Waals surface area (Å²) in [5.74, 6) is 1.73. The smallest absolute Gasteiger partial charge is 0.410 e. The number of carbonyl (C=O) groups excluding carboxylic acids is 2. The lowest BCUT2D eigenvalue weighted by Gasteiger charge is -2.31. The fourth-order valence-corrected chi connectivity index (χ4v) is 10.9. The number of hydrogen-bond acceptors (Lipinski definition) is 9. The van der Waals surface area contributed by atoms with Gasteiger partial charge in [0, 0.05) is 73.6 Å². The lowest BCUT2D eigenvalue weighted by Crippen LogP contribution is -2.32. The van der Waals surface area contributed by atoms with Gasteiger partial charge >= 0.3 is 12.2 Å². The van der Waals surface area contributed by atoms with Crippen LogP contribution >= 0.6 is 0 Å². The van der Waals surface area contributed by atoms with Crippen molar-refractivity contribution in [1.82, 2.24) is 33.8 Å². The summed E-state index contributed by atoms with van der Waals surface area (Å²) < 4.78 is 28.5. The van der Waals surface area contributed by atoms with E-state index in [0.29, 0.717) is 39.8 Å². The molecule has 0 bridgehead atoms. The maximum atomic E-state index is 13.5. The van der Waals surface area contributed by atoms with Gasteiger partial charge in [0.05, 0.1) is 23.5 Å². The van der Waals surface area contributed by atoms with Crippen LogP contribution in [0.1, 0.15) is 91.2 Å².